The monoisotopic (exact) mass is 354 g/mol. The van der Waals surface area contributed by atoms with Gasteiger partial charge < -0.3 is 14.2 Å². The molecule has 0 bridgehead atoms. The molecule has 0 amide bonds. The Morgan fingerprint density at radius 2 is 2.08 bits per heavy atom. The molecule has 25 heavy (non-hydrogen) atoms. The molecule has 3 rings (SSSR count). The van der Waals surface area contributed by atoms with E-state index in [0.29, 0.717) is 45.1 Å². The molecule has 136 valence electrons. The minimum Gasteiger partial charge on any atom is -0.493 e. The highest BCUT2D eigenvalue weighted by molar-refractivity contribution is 6.16. The second-order valence-corrected chi connectivity index (χ2v) is 5.73. The van der Waals surface area contributed by atoms with Crippen molar-refractivity contribution < 1.29 is 27.8 Å². The maximum Gasteiger partial charge on any atom is 0.386 e. The van der Waals surface area contributed by atoms with E-state index in [1.807, 2.05) is 0 Å². The van der Waals surface area contributed by atoms with E-state index in [0.717, 1.165) is 5.56 Å². The Balaban J connectivity index is 1.99. The summed E-state index contributed by atoms with van der Waals surface area (Å²) in [6.45, 7) is 3.45. The summed E-state index contributed by atoms with van der Waals surface area (Å²) < 4.78 is 44.7. The predicted octanol–water partition coefficient (Wildman–Crippen LogP) is 1.86. The lowest BCUT2D eigenvalue weighted by Gasteiger charge is -2.27. The van der Waals surface area contributed by atoms with Crippen LogP contribution in [0.2, 0.25) is 0 Å². The van der Waals surface area contributed by atoms with Crippen LogP contribution >= 0.6 is 0 Å². The fourth-order valence-corrected chi connectivity index (χ4v) is 2.75. The molecule has 1 aromatic rings. The molecule has 0 unspecified atom stereocenters. The Bertz CT molecular complexity index is 673. The van der Waals surface area contributed by atoms with Crippen LogP contribution in [0.25, 0.3) is 0 Å². The molecule has 0 aromatic heterocycles. The number of hydrogen-bond acceptors (Lipinski definition) is 6. The van der Waals surface area contributed by atoms with E-state index in [4.69, 9.17) is 9.47 Å². The van der Waals surface area contributed by atoms with Crippen molar-refractivity contribution >= 4 is 11.7 Å². The van der Waals surface area contributed by atoms with Crippen molar-refractivity contribution in [3.8, 4) is 5.75 Å². The number of rotatable bonds is 5. The van der Waals surface area contributed by atoms with Crippen molar-refractivity contribution in [3.63, 3.8) is 0 Å². The maximum absolute atomic E-state index is 14.8. The summed E-state index contributed by atoms with van der Waals surface area (Å²) in [6, 6.07) is 4.74. The number of hydrogen-bond donors (Lipinski definition) is 0. The van der Waals surface area contributed by atoms with E-state index in [-0.39, 0.29) is 12.2 Å². The van der Waals surface area contributed by atoms with Gasteiger partial charge in [0.05, 0.1) is 39.5 Å². The highest BCUT2D eigenvalue weighted by Crippen LogP contribution is 2.30. The number of hydrazone groups is 1. The first-order valence-corrected chi connectivity index (χ1v) is 8.25. The van der Waals surface area contributed by atoms with E-state index in [2.05, 4.69) is 9.84 Å². The first-order chi connectivity index (χ1) is 12.0. The van der Waals surface area contributed by atoms with Crippen molar-refractivity contribution in [2.75, 3.05) is 39.5 Å². The number of carbonyl (C=O) groups is 1. The van der Waals surface area contributed by atoms with Crippen LogP contribution in [0.3, 0.4) is 0 Å². The lowest BCUT2D eigenvalue weighted by Crippen LogP contribution is -2.43. The molecular weight excluding hydrogens is 334 g/mol. The summed E-state index contributed by atoms with van der Waals surface area (Å²) >= 11 is 0. The van der Waals surface area contributed by atoms with E-state index in [9.17, 15) is 13.6 Å². The predicted molar refractivity (Wildman–Crippen MR) is 86.2 cm³/mol. The number of benzene rings is 1. The van der Waals surface area contributed by atoms with Gasteiger partial charge in [0.15, 0.2) is 0 Å². The van der Waals surface area contributed by atoms with Crippen molar-refractivity contribution in [1.29, 1.82) is 0 Å². The standard InChI is InChI=1S/C17H20F2N2O4/c1-2-24-16(22)17(18,19)15(20-21-6-9-23-10-7-21)13-3-4-14-12(11-13)5-8-25-14/h3-4,11H,2,5-10H2,1H3/b20-15+. The third-order valence-electron chi connectivity index (χ3n) is 4.02. The van der Waals surface area contributed by atoms with Gasteiger partial charge in [-0.25, -0.2) is 4.79 Å². The Kier molecular flexibility index (Phi) is 5.17. The molecule has 0 saturated carbocycles. The maximum atomic E-state index is 14.8. The van der Waals surface area contributed by atoms with Gasteiger partial charge in [0.1, 0.15) is 11.5 Å². The van der Waals surface area contributed by atoms with Gasteiger partial charge in [0, 0.05) is 12.0 Å². The second-order valence-electron chi connectivity index (χ2n) is 5.73. The molecule has 0 N–H and O–H groups in total. The summed E-state index contributed by atoms with van der Waals surface area (Å²) in [5.74, 6) is -4.77. The van der Waals surface area contributed by atoms with Gasteiger partial charge in [-0.05, 0) is 30.7 Å². The quantitative estimate of drug-likeness (QED) is 0.597. The van der Waals surface area contributed by atoms with E-state index in [1.54, 1.807) is 12.1 Å². The number of halogens is 2. The largest absolute Gasteiger partial charge is 0.493 e. The molecule has 8 heteroatoms. The third kappa shape index (κ3) is 3.73. The molecular formula is C17H20F2N2O4. The lowest BCUT2D eigenvalue weighted by atomic mass is 10.0. The number of alkyl halides is 2. The topological polar surface area (TPSA) is 60.4 Å². The zero-order valence-electron chi connectivity index (χ0n) is 14.0. The minimum absolute atomic E-state index is 0.128. The average Bonchev–Trinajstić information content (AvgIpc) is 3.08. The van der Waals surface area contributed by atoms with Crippen LogP contribution in [-0.4, -0.2) is 62.1 Å². The van der Waals surface area contributed by atoms with Crippen molar-refractivity contribution in [1.82, 2.24) is 5.01 Å². The molecule has 1 fully saturated rings. The Hall–Kier alpha value is -2.22. The summed E-state index contributed by atoms with van der Waals surface area (Å²) in [6.07, 6.45) is 0.638. The Morgan fingerprint density at radius 3 is 2.80 bits per heavy atom. The normalized spacial score (nSPS) is 17.9. The van der Waals surface area contributed by atoms with Gasteiger partial charge >= 0.3 is 11.9 Å². The van der Waals surface area contributed by atoms with Gasteiger partial charge in [-0.15, -0.1) is 0 Å². The number of ether oxygens (including phenoxy) is 3. The highest BCUT2D eigenvalue weighted by Gasteiger charge is 2.48. The van der Waals surface area contributed by atoms with Crippen molar-refractivity contribution in [2.24, 2.45) is 5.10 Å². The van der Waals surface area contributed by atoms with Gasteiger partial charge in [-0.3, -0.25) is 5.01 Å². The summed E-state index contributed by atoms with van der Waals surface area (Å²) in [5.41, 5.74) is 0.406. The molecule has 6 nitrogen and oxygen atoms in total. The molecule has 0 radical (unpaired) electrons. The van der Waals surface area contributed by atoms with E-state index in [1.165, 1.54) is 18.0 Å². The van der Waals surface area contributed by atoms with Gasteiger partial charge in [-0.1, -0.05) is 0 Å². The molecule has 1 aromatic carbocycles. The van der Waals surface area contributed by atoms with Gasteiger partial charge in [0.25, 0.3) is 0 Å². The van der Waals surface area contributed by atoms with Crippen molar-refractivity contribution in [3.05, 3.63) is 29.3 Å². The first kappa shape index (κ1) is 17.6. The second kappa shape index (κ2) is 7.35. The summed E-state index contributed by atoms with van der Waals surface area (Å²) in [7, 11) is 0. The minimum atomic E-state index is -3.85. The molecule has 2 heterocycles. The first-order valence-electron chi connectivity index (χ1n) is 8.25. The number of morpholine rings is 1. The number of nitrogens with zero attached hydrogens (tertiary/aromatic N) is 2. The van der Waals surface area contributed by atoms with Crippen molar-refractivity contribution in [2.45, 2.75) is 19.3 Å². The third-order valence-corrected chi connectivity index (χ3v) is 4.02. The highest BCUT2D eigenvalue weighted by atomic mass is 19.3. The van der Waals surface area contributed by atoms with Crippen LogP contribution in [0.1, 0.15) is 18.1 Å². The molecule has 0 atom stereocenters. The Labute approximate surface area is 144 Å². The zero-order chi connectivity index (χ0) is 17.9. The van der Waals surface area contributed by atoms with Crippen LogP contribution in [0, 0.1) is 0 Å². The van der Waals surface area contributed by atoms with Gasteiger partial charge in [-0.2, -0.15) is 13.9 Å². The summed E-state index contributed by atoms with van der Waals surface area (Å²) in [4.78, 5) is 11.8. The van der Waals surface area contributed by atoms with Crippen LogP contribution in [0.4, 0.5) is 8.78 Å². The zero-order valence-corrected chi connectivity index (χ0v) is 14.0. The summed E-state index contributed by atoms with van der Waals surface area (Å²) in [5, 5.41) is 5.58. The Morgan fingerprint density at radius 1 is 1.32 bits per heavy atom. The van der Waals surface area contributed by atoms with E-state index < -0.39 is 17.6 Å². The molecule has 2 aliphatic heterocycles. The number of carbonyl (C=O) groups excluding carboxylic acids is 1. The molecule has 2 aliphatic rings. The van der Waals surface area contributed by atoms with Crippen LogP contribution in [0.5, 0.6) is 5.75 Å². The number of esters is 1. The fourth-order valence-electron chi connectivity index (χ4n) is 2.75. The van der Waals surface area contributed by atoms with Gasteiger partial charge in [0.2, 0.25) is 0 Å². The van der Waals surface area contributed by atoms with E-state index >= 15 is 0 Å². The smallest absolute Gasteiger partial charge is 0.386 e. The average molecular weight is 354 g/mol. The molecule has 0 aliphatic carbocycles. The molecule has 0 spiro atoms. The lowest BCUT2D eigenvalue weighted by molar-refractivity contribution is -0.162. The fraction of sp³-hybridized carbons (Fsp3) is 0.529. The van der Waals surface area contributed by atoms with Crippen LogP contribution in [-0.2, 0) is 20.7 Å². The van der Waals surface area contributed by atoms with Crippen LogP contribution < -0.4 is 4.74 Å². The SMILES string of the molecule is CCOC(=O)C(F)(F)/C(=N/N1CCOCC1)c1ccc2c(c1)CCO2. The van der Waals surface area contributed by atoms with Crippen LogP contribution in [0.15, 0.2) is 23.3 Å². The number of fused-ring (bicyclic) bond motifs is 1. The molecule has 1 saturated heterocycles.